The topological polar surface area (TPSA) is 101 Å². The molecule has 2 atom stereocenters. The van der Waals surface area contributed by atoms with Crippen LogP contribution in [0.15, 0.2) is 4.52 Å². The van der Waals surface area contributed by atoms with Gasteiger partial charge in [0.1, 0.15) is 5.76 Å². The third kappa shape index (κ3) is 3.63. The highest BCUT2D eigenvalue weighted by Crippen LogP contribution is 2.23. The lowest BCUT2D eigenvalue weighted by atomic mass is 10.0. The maximum Gasteiger partial charge on any atom is 0.280 e. The Kier molecular flexibility index (Phi) is 5.03. The molecule has 3 N–H and O–H groups in total. The lowest BCUT2D eigenvalue weighted by Gasteiger charge is -2.32. The summed E-state index contributed by atoms with van der Waals surface area (Å²) in [5.74, 6) is 0.880. The van der Waals surface area contributed by atoms with Gasteiger partial charge in [0.15, 0.2) is 0 Å². The first-order valence-electron chi connectivity index (χ1n) is 7.25. The SMILES string of the molecule is Cc1noc(C)c1C(C)NS(=O)(=O)N1CCCC(CN)C1. The molecule has 0 bridgehead atoms. The molecular formula is C13H24N4O3S. The number of hydrogen-bond donors (Lipinski definition) is 2. The van der Waals surface area contributed by atoms with Crippen molar-refractivity contribution in [2.24, 2.45) is 11.7 Å². The summed E-state index contributed by atoms with van der Waals surface area (Å²) in [7, 11) is -3.53. The molecule has 1 aliphatic heterocycles. The number of aryl methyl sites for hydroxylation is 2. The van der Waals surface area contributed by atoms with E-state index in [0.717, 1.165) is 18.4 Å². The summed E-state index contributed by atoms with van der Waals surface area (Å²) in [5, 5.41) is 3.87. The lowest BCUT2D eigenvalue weighted by molar-refractivity contribution is 0.267. The Morgan fingerprint density at radius 2 is 2.24 bits per heavy atom. The first-order valence-corrected chi connectivity index (χ1v) is 8.69. The average Bonchev–Trinajstić information content (AvgIpc) is 2.77. The van der Waals surface area contributed by atoms with Crippen LogP contribution in [0.2, 0.25) is 0 Å². The Hall–Kier alpha value is -0.960. The van der Waals surface area contributed by atoms with Gasteiger partial charge in [-0.1, -0.05) is 5.16 Å². The van der Waals surface area contributed by atoms with Gasteiger partial charge in [0.05, 0.1) is 11.7 Å². The van der Waals surface area contributed by atoms with Crippen LogP contribution in [-0.2, 0) is 10.2 Å². The summed E-state index contributed by atoms with van der Waals surface area (Å²) in [6, 6.07) is -0.375. The maximum absolute atomic E-state index is 12.5. The number of aromatic nitrogens is 1. The first kappa shape index (κ1) is 16.4. The highest BCUT2D eigenvalue weighted by molar-refractivity contribution is 7.87. The van der Waals surface area contributed by atoms with Crippen LogP contribution in [0, 0.1) is 19.8 Å². The zero-order valence-corrected chi connectivity index (χ0v) is 13.6. The summed E-state index contributed by atoms with van der Waals surface area (Å²) in [4.78, 5) is 0. The smallest absolute Gasteiger partial charge is 0.280 e. The number of rotatable bonds is 5. The zero-order valence-electron chi connectivity index (χ0n) is 12.8. The molecular weight excluding hydrogens is 292 g/mol. The van der Waals surface area contributed by atoms with Crippen molar-refractivity contribution < 1.29 is 12.9 Å². The Bertz CT molecular complexity index is 565. The minimum atomic E-state index is -3.53. The van der Waals surface area contributed by atoms with Gasteiger partial charge in [-0.3, -0.25) is 0 Å². The minimum absolute atomic E-state index is 0.240. The number of nitrogens with two attached hydrogens (primary N) is 1. The van der Waals surface area contributed by atoms with Crippen LogP contribution in [0.1, 0.15) is 42.8 Å². The number of hydrogen-bond acceptors (Lipinski definition) is 5. The quantitative estimate of drug-likeness (QED) is 0.839. The summed E-state index contributed by atoms with van der Waals surface area (Å²) in [6.45, 7) is 6.94. The molecule has 0 spiro atoms. The molecule has 1 aliphatic rings. The van der Waals surface area contributed by atoms with E-state index in [-0.39, 0.29) is 12.0 Å². The van der Waals surface area contributed by atoms with Gasteiger partial charge in [0.25, 0.3) is 10.2 Å². The molecule has 120 valence electrons. The van der Waals surface area contributed by atoms with Crippen molar-refractivity contribution in [2.75, 3.05) is 19.6 Å². The molecule has 7 nitrogen and oxygen atoms in total. The van der Waals surface area contributed by atoms with Crippen LogP contribution in [-0.4, -0.2) is 37.5 Å². The third-order valence-corrected chi connectivity index (χ3v) is 5.67. The predicted octanol–water partition coefficient (Wildman–Crippen LogP) is 0.858. The van der Waals surface area contributed by atoms with E-state index in [1.54, 1.807) is 13.8 Å². The van der Waals surface area contributed by atoms with E-state index >= 15 is 0 Å². The molecule has 0 aromatic carbocycles. The van der Waals surface area contributed by atoms with Crippen LogP contribution in [0.5, 0.6) is 0 Å². The molecule has 1 fully saturated rings. The molecule has 0 saturated carbocycles. The van der Waals surface area contributed by atoms with E-state index in [9.17, 15) is 8.42 Å². The maximum atomic E-state index is 12.5. The van der Waals surface area contributed by atoms with Crippen molar-refractivity contribution >= 4 is 10.2 Å². The predicted molar refractivity (Wildman–Crippen MR) is 79.8 cm³/mol. The van der Waals surface area contributed by atoms with Crippen molar-refractivity contribution in [3.05, 3.63) is 17.0 Å². The van der Waals surface area contributed by atoms with Crippen molar-refractivity contribution in [1.29, 1.82) is 0 Å². The van der Waals surface area contributed by atoms with Gasteiger partial charge in [-0.25, -0.2) is 0 Å². The normalized spacial score (nSPS) is 22.4. The largest absolute Gasteiger partial charge is 0.361 e. The van der Waals surface area contributed by atoms with Gasteiger partial charge in [-0.2, -0.15) is 17.4 Å². The summed E-state index contributed by atoms with van der Waals surface area (Å²) in [6.07, 6.45) is 1.84. The molecule has 0 amide bonds. The lowest BCUT2D eigenvalue weighted by Crippen LogP contribution is -2.47. The molecule has 8 heteroatoms. The highest BCUT2D eigenvalue weighted by atomic mass is 32.2. The van der Waals surface area contributed by atoms with Gasteiger partial charge in [0, 0.05) is 18.7 Å². The second-order valence-corrected chi connectivity index (χ2v) is 7.39. The van der Waals surface area contributed by atoms with Crippen molar-refractivity contribution in [1.82, 2.24) is 14.2 Å². The average molecular weight is 316 g/mol. The van der Waals surface area contributed by atoms with E-state index in [2.05, 4.69) is 9.88 Å². The molecule has 0 aliphatic carbocycles. The van der Waals surface area contributed by atoms with E-state index in [0.29, 0.717) is 31.1 Å². The van der Waals surface area contributed by atoms with Crippen LogP contribution in [0.3, 0.4) is 0 Å². The first-order chi connectivity index (χ1) is 9.85. The van der Waals surface area contributed by atoms with Gasteiger partial charge in [0.2, 0.25) is 0 Å². The van der Waals surface area contributed by atoms with Crippen LogP contribution < -0.4 is 10.5 Å². The molecule has 2 unspecified atom stereocenters. The highest BCUT2D eigenvalue weighted by Gasteiger charge is 2.30. The second kappa shape index (κ2) is 6.43. The van der Waals surface area contributed by atoms with Gasteiger partial charge in [-0.15, -0.1) is 0 Å². The summed E-state index contributed by atoms with van der Waals surface area (Å²) >= 11 is 0. The molecule has 0 radical (unpaired) electrons. The Balaban J connectivity index is 2.10. The number of nitrogens with one attached hydrogen (secondary N) is 1. The Morgan fingerprint density at radius 3 is 2.81 bits per heavy atom. The standard InChI is InChI=1S/C13H24N4O3S/c1-9-13(11(3)20-15-9)10(2)16-21(18,19)17-6-4-5-12(7-14)8-17/h10,12,16H,4-8,14H2,1-3H3. The van der Waals surface area contributed by atoms with Gasteiger partial charge in [-0.05, 0) is 46.1 Å². The third-order valence-electron chi connectivity index (χ3n) is 4.00. The fourth-order valence-electron chi connectivity index (χ4n) is 2.90. The van der Waals surface area contributed by atoms with E-state index < -0.39 is 10.2 Å². The van der Waals surface area contributed by atoms with Crippen molar-refractivity contribution in [2.45, 2.75) is 39.7 Å². The van der Waals surface area contributed by atoms with E-state index in [4.69, 9.17) is 10.3 Å². The van der Waals surface area contributed by atoms with Crippen LogP contribution in [0.25, 0.3) is 0 Å². The van der Waals surface area contributed by atoms with Gasteiger partial charge < -0.3 is 10.3 Å². The molecule has 1 aromatic heterocycles. The van der Waals surface area contributed by atoms with Gasteiger partial charge >= 0.3 is 0 Å². The Labute approximate surface area is 126 Å². The summed E-state index contributed by atoms with van der Waals surface area (Å²) in [5.41, 5.74) is 7.17. The fourth-order valence-corrected chi connectivity index (χ4v) is 4.39. The van der Waals surface area contributed by atoms with E-state index in [1.165, 1.54) is 4.31 Å². The number of nitrogens with zero attached hydrogens (tertiary/aromatic N) is 2. The van der Waals surface area contributed by atoms with E-state index in [1.807, 2.05) is 6.92 Å². The molecule has 2 heterocycles. The summed E-state index contributed by atoms with van der Waals surface area (Å²) < 4.78 is 34.3. The fraction of sp³-hybridized carbons (Fsp3) is 0.769. The Morgan fingerprint density at radius 1 is 1.52 bits per heavy atom. The van der Waals surface area contributed by atoms with Crippen molar-refractivity contribution in [3.63, 3.8) is 0 Å². The molecule has 21 heavy (non-hydrogen) atoms. The zero-order chi connectivity index (χ0) is 15.6. The number of piperidine rings is 1. The van der Waals surface area contributed by atoms with Crippen LogP contribution in [0.4, 0.5) is 0 Å². The second-order valence-electron chi connectivity index (χ2n) is 5.68. The minimum Gasteiger partial charge on any atom is -0.361 e. The molecule has 1 aromatic rings. The van der Waals surface area contributed by atoms with Crippen molar-refractivity contribution in [3.8, 4) is 0 Å². The molecule has 2 rings (SSSR count). The van der Waals surface area contributed by atoms with Crippen LogP contribution >= 0.6 is 0 Å². The molecule has 1 saturated heterocycles. The monoisotopic (exact) mass is 316 g/mol.